The van der Waals surface area contributed by atoms with Crippen LogP contribution < -0.4 is 11.1 Å². The fraction of sp³-hybridized carbons (Fsp3) is 0.0714. The summed E-state index contributed by atoms with van der Waals surface area (Å²) in [4.78, 5) is 12.0. The van der Waals surface area contributed by atoms with Crippen molar-refractivity contribution in [3.05, 3.63) is 57.8 Å². The minimum Gasteiger partial charge on any atom is -0.397 e. The average Bonchev–Trinajstić information content (AvgIpc) is 2.36. The first-order valence-electron chi connectivity index (χ1n) is 5.60. The number of amides is 1. The van der Waals surface area contributed by atoms with Crippen LogP contribution in [0.2, 0.25) is 0 Å². The van der Waals surface area contributed by atoms with Crippen LogP contribution in [0.15, 0.2) is 40.9 Å². The second-order valence-corrected chi connectivity index (χ2v) is 5.07. The monoisotopic (exact) mass is 322 g/mol. The zero-order chi connectivity index (χ0) is 14.0. The Morgan fingerprint density at radius 2 is 2.00 bits per heavy atom. The lowest BCUT2D eigenvalue weighted by atomic mass is 10.1. The number of carbonyl (C=O) groups excluding carboxylic acids is 1. The summed E-state index contributed by atoms with van der Waals surface area (Å²) >= 11 is 3.29. The van der Waals surface area contributed by atoms with Gasteiger partial charge in [-0.25, -0.2) is 4.39 Å². The van der Waals surface area contributed by atoms with Gasteiger partial charge in [-0.15, -0.1) is 0 Å². The van der Waals surface area contributed by atoms with Crippen LogP contribution in [0.25, 0.3) is 0 Å². The molecule has 19 heavy (non-hydrogen) atoms. The maximum absolute atomic E-state index is 13.1. The predicted octanol–water partition coefficient (Wildman–Crippen LogP) is 3.73. The molecule has 3 nitrogen and oxygen atoms in total. The molecule has 0 spiro atoms. The maximum Gasteiger partial charge on any atom is 0.255 e. The molecular formula is C14H12BrFN2O. The molecule has 0 saturated heterocycles. The van der Waals surface area contributed by atoms with Gasteiger partial charge < -0.3 is 11.1 Å². The molecule has 1 amide bonds. The zero-order valence-electron chi connectivity index (χ0n) is 10.2. The molecule has 2 aromatic rings. The number of rotatable bonds is 2. The summed E-state index contributed by atoms with van der Waals surface area (Å²) in [6.07, 6.45) is 0. The van der Waals surface area contributed by atoms with E-state index in [2.05, 4.69) is 21.2 Å². The molecule has 2 aromatic carbocycles. The van der Waals surface area contributed by atoms with E-state index >= 15 is 0 Å². The Balaban J connectivity index is 2.23. The lowest BCUT2D eigenvalue weighted by Crippen LogP contribution is -2.13. The molecule has 2 rings (SSSR count). The fourth-order valence-corrected chi connectivity index (χ4v) is 2.01. The van der Waals surface area contributed by atoms with Gasteiger partial charge in [-0.1, -0.05) is 15.9 Å². The summed E-state index contributed by atoms with van der Waals surface area (Å²) in [5.41, 5.74) is 7.60. The second kappa shape index (κ2) is 5.40. The Labute approximate surface area is 118 Å². The topological polar surface area (TPSA) is 55.1 Å². The minimum atomic E-state index is -0.334. The molecule has 0 unspecified atom stereocenters. The molecule has 0 aliphatic carbocycles. The summed E-state index contributed by atoms with van der Waals surface area (Å²) in [6.45, 7) is 1.61. The third kappa shape index (κ3) is 3.12. The normalized spacial score (nSPS) is 10.3. The van der Waals surface area contributed by atoms with Crippen molar-refractivity contribution in [3.8, 4) is 0 Å². The lowest BCUT2D eigenvalue weighted by Gasteiger charge is -2.09. The molecule has 0 aliphatic rings. The van der Waals surface area contributed by atoms with Crippen molar-refractivity contribution < 1.29 is 9.18 Å². The Bertz CT molecular complexity index is 643. The Morgan fingerprint density at radius 1 is 1.26 bits per heavy atom. The van der Waals surface area contributed by atoms with Crippen molar-refractivity contribution in [2.24, 2.45) is 0 Å². The third-order valence-corrected chi connectivity index (χ3v) is 3.18. The highest BCUT2D eigenvalue weighted by Crippen LogP contribution is 2.23. The SMILES string of the molecule is Cc1cc(C(=O)Nc2ccc(Br)cc2N)ccc1F. The van der Waals surface area contributed by atoms with Crippen molar-refractivity contribution in [1.29, 1.82) is 0 Å². The number of nitrogen functional groups attached to an aromatic ring is 1. The summed E-state index contributed by atoms with van der Waals surface area (Å²) < 4.78 is 14.0. The van der Waals surface area contributed by atoms with Crippen LogP contribution in [0.4, 0.5) is 15.8 Å². The second-order valence-electron chi connectivity index (χ2n) is 4.15. The highest BCUT2D eigenvalue weighted by molar-refractivity contribution is 9.10. The van der Waals surface area contributed by atoms with Crippen LogP contribution in [0.5, 0.6) is 0 Å². The number of halogens is 2. The number of anilines is 2. The number of nitrogens with one attached hydrogen (secondary N) is 1. The molecule has 0 bridgehead atoms. The summed E-state index contributed by atoms with van der Waals surface area (Å²) in [5.74, 6) is -0.656. The molecule has 3 N–H and O–H groups in total. The largest absolute Gasteiger partial charge is 0.397 e. The molecule has 5 heteroatoms. The summed E-state index contributed by atoms with van der Waals surface area (Å²) in [7, 11) is 0. The van der Waals surface area contributed by atoms with Gasteiger partial charge in [0, 0.05) is 10.0 Å². The third-order valence-electron chi connectivity index (χ3n) is 2.68. The molecule has 0 saturated carbocycles. The number of hydrogen-bond donors (Lipinski definition) is 2. The van der Waals surface area contributed by atoms with Gasteiger partial charge in [0.15, 0.2) is 0 Å². The minimum absolute atomic E-state index is 0.322. The van der Waals surface area contributed by atoms with Gasteiger partial charge in [-0.05, 0) is 48.9 Å². The van der Waals surface area contributed by atoms with Crippen LogP contribution in [-0.2, 0) is 0 Å². The first kappa shape index (κ1) is 13.5. The van der Waals surface area contributed by atoms with Gasteiger partial charge in [-0.2, -0.15) is 0 Å². The van der Waals surface area contributed by atoms with Gasteiger partial charge in [0.25, 0.3) is 5.91 Å². The predicted molar refractivity (Wildman–Crippen MR) is 77.6 cm³/mol. The Hall–Kier alpha value is -1.88. The highest BCUT2D eigenvalue weighted by Gasteiger charge is 2.09. The molecule has 0 fully saturated rings. The van der Waals surface area contributed by atoms with E-state index in [1.807, 2.05) is 0 Å². The number of benzene rings is 2. The van der Waals surface area contributed by atoms with Gasteiger partial charge in [0.05, 0.1) is 11.4 Å². The standard InChI is InChI=1S/C14H12BrFN2O/c1-8-6-9(2-4-11(8)16)14(19)18-13-5-3-10(15)7-12(13)17/h2-7H,17H2,1H3,(H,18,19). The van der Waals surface area contributed by atoms with Crippen LogP contribution >= 0.6 is 15.9 Å². The first-order chi connectivity index (χ1) is 8.97. The van der Waals surface area contributed by atoms with E-state index in [-0.39, 0.29) is 11.7 Å². The maximum atomic E-state index is 13.1. The first-order valence-corrected chi connectivity index (χ1v) is 6.39. The number of aryl methyl sites for hydroxylation is 1. The van der Waals surface area contributed by atoms with Gasteiger partial charge in [-0.3, -0.25) is 4.79 Å². The van der Waals surface area contributed by atoms with E-state index in [1.165, 1.54) is 18.2 Å². The average molecular weight is 323 g/mol. The molecule has 0 aliphatic heterocycles. The zero-order valence-corrected chi connectivity index (χ0v) is 11.8. The highest BCUT2D eigenvalue weighted by atomic mass is 79.9. The smallest absolute Gasteiger partial charge is 0.255 e. The van der Waals surface area contributed by atoms with Crippen LogP contribution in [-0.4, -0.2) is 5.91 Å². The van der Waals surface area contributed by atoms with E-state index in [9.17, 15) is 9.18 Å². The van der Waals surface area contributed by atoms with E-state index in [4.69, 9.17) is 5.73 Å². The lowest BCUT2D eigenvalue weighted by molar-refractivity contribution is 0.102. The Kier molecular flexibility index (Phi) is 3.85. The molecule has 98 valence electrons. The number of nitrogens with two attached hydrogens (primary N) is 1. The van der Waals surface area contributed by atoms with Gasteiger partial charge in [0.1, 0.15) is 5.82 Å². The molecule has 0 aromatic heterocycles. The molecule has 0 atom stereocenters. The van der Waals surface area contributed by atoms with E-state index in [1.54, 1.807) is 25.1 Å². The van der Waals surface area contributed by atoms with E-state index in [0.717, 1.165) is 4.47 Å². The van der Waals surface area contributed by atoms with Crippen molar-refractivity contribution in [1.82, 2.24) is 0 Å². The van der Waals surface area contributed by atoms with Crippen LogP contribution in [0.1, 0.15) is 15.9 Å². The van der Waals surface area contributed by atoms with Crippen molar-refractivity contribution in [3.63, 3.8) is 0 Å². The summed E-state index contributed by atoms with van der Waals surface area (Å²) in [6, 6.07) is 9.39. The van der Waals surface area contributed by atoms with Crippen molar-refractivity contribution in [2.75, 3.05) is 11.1 Å². The number of carbonyl (C=O) groups is 1. The van der Waals surface area contributed by atoms with E-state index in [0.29, 0.717) is 22.5 Å². The van der Waals surface area contributed by atoms with Crippen LogP contribution in [0.3, 0.4) is 0 Å². The van der Waals surface area contributed by atoms with Gasteiger partial charge >= 0.3 is 0 Å². The van der Waals surface area contributed by atoms with Crippen molar-refractivity contribution >= 4 is 33.2 Å². The Morgan fingerprint density at radius 3 is 2.63 bits per heavy atom. The molecular weight excluding hydrogens is 311 g/mol. The molecule has 0 radical (unpaired) electrons. The quantitative estimate of drug-likeness (QED) is 0.828. The van der Waals surface area contributed by atoms with Crippen molar-refractivity contribution in [2.45, 2.75) is 6.92 Å². The van der Waals surface area contributed by atoms with Gasteiger partial charge in [0.2, 0.25) is 0 Å². The van der Waals surface area contributed by atoms with E-state index < -0.39 is 0 Å². The fourth-order valence-electron chi connectivity index (χ4n) is 1.63. The molecule has 0 heterocycles. The number of hydrogen-bond acceptors (Lipinski definition) is 2. The summed E-state index contributed by atoms with van der Waals surface area (Å²) in [5, 5.41) is 2.69. The van der Waals surface area contributed by atoms with Crippen LogP contribution in [0, 0.1) is 12.7 Å².